The highest BCUT2D eigenvalue weighted by Gasteiger charge is 2.28. The second-order valence-electron chi connectivity index (χ2n) is 6.26. The lowest BCUT2D eigenvalue weighted by Gasteiger charge is -2.38. The van der Waals surface area contributed by atoms with E-state index in [4.69, 9.17) is 4.74 Å². The van der Waals surface area contributed by atoms with Gasteiger partial charge in [-0.1, -0.05) is 30.7 Å². The van der Waals surface area contributed by atoms with E-state index >= 15 is 0 Å². The third-order valence-electron chi connectivity index (χ3n) is 4.47. The predicted octanol–water partition coefficient (Wildman–Crippen LogP) is 2.50. The summed E-state index contributed by atoms with van der Waals surface area (Å²) in [5.41, 5.74) is 3.67. The van der Waals surface area contributed by atoms with Crippen molar-refractivity contribution in [2.75, 3.05) is 31.2 Å². The van der Waals surface area contributed by atoms with E-state index in [0.717, 1.165) is 6.54 Å². The van der Waals surface area contributed by atoms with Gasteiger partial charge in [-0.2, -0.15) is 0 Å². The Bertz CT molecular complexity index is 612. The molecule has 1 saturated heterocycles. The maximum atomic E-state index is 11.7. The van der Waals surface area contributed by atoms with Gasteiger partial charge < -0.3 is 4.74 Å². The highest BCUT2D eigenvalue weighted by molar-refractivity contribution is 7.91. The molecule has 2 rings (SSSR count). The Kier molecular flexibility index (Phi) is 5.64. The van der Waals surface area contributed by atoms with Crippen molar-refractivity contribution in [3.63, 3.8) is 0 Å². The number of sulfone groups is 1. The van der Waals surface area contributed by atoms with Crippen molar-refractivity contribution in [3.05, 3.63) is 34.9 Å². The van der Waals surface area contributed by atoms with Crippen LogP contribution < -0.4 is 0 Å². The van der Waals surface area contributed by atoms with Crippen LogP contribution in [-0.4, -0.2) is 50.6 Å². The van der Waals surface area contributed by atoms with Crippen molar-refractivity contribution in [1.29, 1.82) is 0 Å². The standard InChI is InChI=1S/C17H27NO3S/c1-5-22(19,20)9-8-18-11-17(21-12-15(18)4)16-10-13(2)6-7-14(16)3/h6-7,10,15,17H,5,8-9,11-12H2,1-4H3/t15-,17+/m0/s1. The van der Waals surface area contributed by atoms with Crippen molar-refractivity contribution in [2.45, 2.75) is 39.8 Å². The van der Waals surface area contributed by atoms with Crippen LogP contribution >= 0.6 is 0 Å². The molecule has 5 heteroatoms. The summed E-state index contributed by atoms with van der Waals surface area (Å²) in [5.74, 6) is 0.444. The van der Waals surface area contributed by atoms with Crippen LogP contribution in [0.3, 0.4) is 0 Å². The van der Waals surface area contributed by atoms with E-state index in [2.05, 4.69) is 43.9 Å². The molecular formula is C17H27NO3S. The Morgan fingerprint density at radius 3 is 2.73 bits per heavy atom. The van der Waals surface area contributed by atoms with Crippen LogP contribution in [0.25, 0.3) is 0 Å². The number of morpholine rings is 1. The summed E-state index contributed by atoms with van der Waals surface area (Å²) >= 11 is 0. The van der Waals surface area contributed by atoms with Gasteiger partial charge in [0.25, 0.3) is 0 Å². The van der Waals surface area contributed by atoms with E-state index in [1.165, 1.54) is 16.7 Å². The predicted molar refractivity (Wildman–Crippen MR) is 90.0 cm³/mol. The Morgan fingerprint density at radius 2 is 2.05 bits per heavy atom. The van der Waals surface area contributed by atoms with Crippen LogP contribution in [0.5, 0.6) is 0 Å². The summed E-state index contributed by atoms with van der Waals surface area (Å²) < 4.78 is 29.5. The zero-order valence-corrected chi connectivity index (χ0v) is 14.8. The first kappa shape index (κ1) is 17.4. The molecule has 0 spiro atoms. The SMILES string of the molecule is CCS(=O)(=O)CCN1C[C@H](c2cc(C)ccc2C)OC[C@@H]1C. The van der Waals surface area contributed by atoms with Crippen molar-refractivity contribution < 1.29 is 13.2 Å². The van der Waals surface area contributed by atoms with E-state index in [1.54, 1.807) is 6.92 Å². The summed E-state index contributed by atoms with van der Waals surface area (Å²) in [4.78, 5) is 2.24. The van der Waals surface area contributed by atoms with Gasteiger partial charge in [-0.15, -0.1) is 0 Å². The maximum absolute atomic E-state index is 11.7. The molecule has 0 N–H and O–H groups in total. The number of ether oxygens (including phenoxy) is 1. The Balaban J connectivity index is 2.09. The van der Waals surface area contributed by atoms with Crippen LogP contribution in [0, 0.1) is 13.8 Å². The summed E-state index contributed by atoms with van der Waals surface area (Å²) in [5, 5.41) is 0. The van der Waals surface area contributed by atoms with Gasteiger partial charge in [0.05, 0.1) is 18.5 Å². The second kappa shape index (κ2) is 7.11. The van der Waals surface area contributed by atoms with Gasteiger partial charge >= 0.3 is 0 Å². The van der Waals surface area contributed by atoms with Crippen LogP contribution in [0.4, 0.5) is 0 Å². The fourth-order valence-electron chi connectivity index (χ4n) is 2.81. The second-order valence-corrected chi connectivity index (χ2v) is 8.74. The average molecular weight is 325 g/mol. The molecule has 0 aliphatic carbocycles. The van der Waals surface area contributed by atoms with Crippen molar-refractivity contribution >= 4 is 9.84 Å². The normalized spacial score (nSPS) is 23.6. The number of hydrogen-bond donors (Lipinski definition) is 0. The quantitative estimate of drug-likeness (QED) is 0.834. The molecular weight excluding hydrogens is 298 g/mol. The first-order chi connectivity index (χ1) is 10.3. The van der Waals surface area contributed by atoms with E-state index < -0.39 is 9.84 Å². The first-order valence-corrected chi connectivity index (χ1v) is 9.77. The van der Waals surface area contributed by atoms with Crippen molar-refractivity contribution in [3.8, 4) is 0 Å². The van der Waals surface area contributed by atoms with Gasteiger partial charge in [0.2, 0.25) is 0 Å². The maximum Gasteiger partial charge on any atom is 0.151 e. The smallest absolute Gasteiger partial charge is 0.151 e. The molecule has 0 aromatic heterocycles. The summed E-state index contributed by atoms with van der Waals surface area (Å²) in [6, 6.07) is 6.67. The molecule has 124 valence electrons. The Hall–Kier alpha value is -0.910. The molecule has 1 heterocycles. The third kappa shape index (κ3) is 4.31. The molecule has 1 aromatic rings. The minimum Gasteiger partial charge on any atom is -0.371 e. The lowest BCUT2D eigenvalue weighted by atomic mass is 9.99. The minimum atomic E-state index is -2.92. The molecule has 22 heavy (non-hydrogen) atoms. The zero-order valence-electron chi connectivity index (χ0n) is 14.0. The van der Waals surface area contributed by atoms with E-state index in [-0.39, 0.29) is 23.7 Å². The van der Waals surface area contributed by atoms with Gasteiger partial charge in [-0.05, 0) is 31.9 Å². The number of hydrogen-bond acceptors (Lipinski definition) is 4. The molecule has 1 aliphatic rings. The van der Waals surface area contributed by atoms with Gasteiger partial charge in [-0.3, -0.25) is 4.90 Å². The van der Waals surface area contributed by atoms with Gasteiger partial charge in [-0.25, -0.2) is 8.42 Å². The third-order valence-corrected chi connectivity index (χ3v) is 6.16. The molecule has 0 unspecified atom stereocenters. The number of benzene rings is 1. The van der Waals surface area contributed by atoms with Crippen LogP contribution in [0.15, 0.2) is 18.2 Å². The highest BCUT2D eigenvalue weighted by Crippen LogP contribution is 2.28. The molecule has 0 bridgehead atoms. The summed E-state index contributed by atoms with van der Waals surface area (Å²) in [6.45, 7) is 9.97. The fraction of sp³-hybridized carbons (Fsp3) is 0.647. The summed E-state index contributed by atoms with van der Waals surface area (Å²) in [6.07, 6.45) is 0.0282. The molecule has 0 radical (unpaired) electrons. The van der Waals surface area contributed by atoms with E-state index in [1.807, 2.05) is 0 Å². The van der Waals surface area contributed by atoms with Gasteiger partial charge in [0.15, 0.2) is 9.84 Å². The molecule has 1 aromatic carbocycles. The van der Waals surface area contributed by atoms with Crippen molar-refractivity contribution in [1.82, 2.24) is 4.90 Å². The van der Waals surface area contributed by atoms with E-state index in [9.17, 15) is 8.42 Å². The molecule has 0 saturated carbocycles. The lowest BCUT2D eigenvalue weighted by molar-refractivity contribution is -0.0580. The lowest BCUT2D eigenvalue weighted by Crippen LogP contribution is -2.47. The molecule has 4 nitrogen and oxygen atoms in total. The number of nitrogens with zero attached hydrogens (tertiary/aromatic N) is 1. The number of rotatable bonds is 5. The first-order valence-electron chi connectivity index (χ1n) is 7.95. The molecule has 1 aliphatic heterocycles. The van der Waals surface area contributed by atoms with Gasteiger partial charge in [0.1, 0.15) is 0 Å². The largest absolute Gasteiger partial charge is 0.371 e. The average Bonchev–Trinajstić information content (AvgIpc) is 2.49. The molecule has 2 atom stereocenters. The topological polar surface area (TPSA) is 46.6 Å². The Labute approximate surface area is 134 Å². The van der Waals surface area contributed by atoms with E-state index in [0.29, 0.717) is 13.2 Å². The molecule has 1 fully saturated rings. The molecule has 0 amide bonds. The monoisotopic (exact) mass is 325 g/mol. The highest BCUT2D eigenvalue weighted by atomic mass is 32.2. The zero-order chi connectivity index (χ0) is 16.3. The summed E-state index contributed by atoms with van der Waals surface area (Å²) in [7, 11) is -2.92. The van der Waals surface area contributed by atoms with Crippen molar-refractivity contribution in [2.24, 2.45) is 0 Å². The number of aryl methyl sites for hydroxylation is 2. The minimum absolute atomic E-state index is 0.0282. The Morgan fingerprint density at radius 1 is 1.32 bits per heavy atom. The van der Waals surface area contributed by atoms with Crippen LogP contribution in [0.1, 0.15) is 36.6 Å². The fourth-order valence-corrected chi connectivity index (χ4v) is 3.62. The van der Waals surface area contributed by atoms with Gasteiger partial charge in [0, 0.05) is 24.9 Å². The van der Waals surface area contributed by atoms with Crippen LogP contribution in [-0.2, 0) is 14.6 Å². The van der Waals surface area contributed by atoms with Crippen LogP contribution in [0.2, 0.25) is 0 Å².